The molecule has 0 aliphatic rings. The van der Waals surface area contributed by atoms with Crippen molar-refractivity contribution in [2.24, 2.45) is 0 Å². The normalized spacial score (nSPS) is 10.4. The second-order valence-electron chi connectivity index (χ2n) is 6.12. The van der Waals surface area contributed by atoms with Crippen molar-refractivity contribution in [2.45, 2.75) is 13.3 Å². The zero-order valence-electron chi connectivity index (χ0n) is 15.3. The molecule has 0 aliphatic heterocycles. The van der Waals surface area contributed by atoms with Crippen molar-refractivity contribution in [3.8, 4) is 5.75 Å². The van der Waals surface area contributed by atoms with Crippen molar-refractivity contribution in [3.05, 3.63) is 65.2 Å². The molecule has 2 aromatic rings. The maximum Gasteiger partial charge on any atom is 0.251 e. The number of carbonyl (C=O) groups is 2. The van der Waals surface area contributed by atoms with E-state index in [1.54, 1.807) is 7.05 Å². The first-order chi connectivity index (χ1) is 12.9. The quantitative estimate of drug-likeness (QED) is 0.721. The van der Waals surface area contributed by atoms with Crippen LogP contribution in [0.15, 0.2) is 42.5 Å². The Bertz CT molecular complexity index is 791. The Labute approximate surface area is 156 Å². The van der Waals surface area contributed by atoms with Gasteiger partial charge in [-0.05, 0) is 37.1 Å². The predicted octanol–water partition coefficient (Wildman–Crippen LogP) is 2.93. The summed E-state index contributed by atoms with van der Waals surface area (Å²) in [7, 11) is 1.62. The summed E-state index contributed by atoms with van der Waals surface area (Å²) in [6.07, 6.45) is 0.625. The summed E-state index contributed by atoms with van der Waals surface area (Å²) in [5.41, 5.74) is 0.869. The third kappa shape index (κ3) is 6.36. The van der Waals surface area contributed by atoms with E-state index in [1.807, 2.05) is 31.2 Å². The molecule has 7 heteroatoms. The molecule has 0 spiro atoms. The summed E-state index contributed by atoms with van der Waals surface area (Å²) in [6, 6.07) is 10.2. The van der Waals surface area contributed by atoms with Crippen LogP contribution < -0.4 is 10.1 Å². The molecule has 5 nitrogen and oxygen atoms in total. The van der Waals surface area contributed by atoms with Gasteiger partial charge in [-0.2, -0.15) is 0 Å². The molecule has 27 heavy (non-hydrogen) atoms. The van der Waals surface area contributed by atoms with E-state index < -0.39 is 17.5 Å². The van der Waals surface area contributed by atoms with Crippen molar-refractivity contribution in [3.63, 3.8) is 0 Å². The lowest BCUT2D eigenvalue weighted by Gasteiger charge is -2.18. The van der Waals surface area contributed by atoms with E-state index in [2.05, 4.69) is 5.32 Å². The minimum absolute atomic E-state index is 0.172. The molecule has 0 radical (unpaired) electrons. The summed E-state index contributed by atoms with van der Waals surface area (Å²) in [4.78, 5) is 25.4. The summed E-state index contributed by atoms with van der Waals surface area (Å²) in [5, 5.41) is 2.36. The van der Waals surface area contributed by atoms with E-state index in [0.29, 0.717) is 25.6 Å². The molecular weight excluding hydrogens is 354 g/mol. The Morgan fingerprint density at radius 2 is 1.78 bits per heavy atom. The third-order valence-corrected chi connectivity index (χ3v) is 3.94. The zero-order chi connectivity index (χ0) is 19.8. The minimum Gasteiger partial charge on any atom is -0.493 e. The molecule has 144 valence electrons. The lowest BCUT2D eigenvalue weighted by atomic mass is 10.2. The number of hydrogen-bond donors (Lipinski definition) is 1. The number of nitrogens with one attached hydrogen (secondary N) is 1. The Balaban J connectivity index is 1.72. The van der Waals surface area contributed by atoms with E-state index in [1.165, 1.54) is 4.90 Å². The number of para-hydroxylation sites is 1. The molecule has 2 rings (SSSR count). The van der Waals surface area contributed by atoms with Crippen molar-refractivity contribution in [1.82, 2.24) is 10.2 Å². The molecule has 0 saturated carbocycles. The Kier molecular flexibility index (Phi) is 7.28. The number of hydrogen-bond acceptors (Lipinski definition) is 3. The van der Waals surface area contributed by atoms with Gasteiger partial charge in [0.25, 0.3) is 5.91 Å². The standard InChI is InChI=1S/C20H22F2N2O3/c1-14-6-3-4-7-18(14)27-9-5-8-24(2)19(25)13-23-20(26)15-10-16(21)12-17(22)11-15/h3-4,6-7,10-12H,5,8-9,13H2,1-2H3,(H,23,26). The highest BCUT2D eigenvalue weighted by molar-refractivity contribution is 5.96. The molecular formula is C20H22F2N2O3. The number of halogens is 2. The van der Waals surface area contributed by atoms with Gasteiger partial charge in [0, 0.05) is 25.2 Å². The van der Waals surface area contributed by atoms with Gasteiger partial charge in [0.1, 0.15) is 17.4 Å². The van der Waals surface area contributed by atoms with E-state index in [9.17, 15) is 18.4 Å². The van der Waals surface area contributed by atoms with Gasteiger partial charge in [-0.1, -0.05) is 18.2 Å². The number of ether oxygens (including phenoxy) is 1. The maximum atomic E-state index is 13.1. The van der Waals surface area contributed by atoms with Crippen LogP contribution in [0.1, 0.15) is 22.3 Å². The average Bonchev–Trinajstić information content (AvgIpc) is 2.63. The van der Waals surface area contributed by atoms with Crippen molar-refractivity contribution in [2.75, 3.05) is 26.7 Å². The summed E-state index contributed by atoms with van der Waals surface area (Å²) in [6.45, 7) is 2.61. The molecule has 0 fully saturated rings. The van der Waals surface area contributed by atoms with Crippen LogP contribution in [0.4, 0.5) is 8.78 Å². The van der Waals surface area contributed by atoms with Crippen molar-refractivity contribution >= 4 is 11.8 Å². The highest BCUT2D eigenvalue weighted by atomic mass is 19.1. The number of benzene rings is 2. The van der Waals surface area contributed by atoms with Crippen LogP contribution in [0.2, 0.25) is 0 Å². The first-order valence-electron chi connectivity index (χ1n) is 8.53. The molecule has 2 amide bonds. The predicted molar refractivity (Wildman–Crippen MR) is 97.6 cm³/mol. The zero-order valence-corrected chi connectivity index (χ0v) is 15.3. The fourth-order valence-corrected chi connectivity index (χ4v) is 2.40. The van der Waals surface area contributed by atoms with E-state index in [0.717, 1.165) is 23.4 Å². The van der Waals surface area contributed by atoms with Crippen LogP contribution in [0, 0.1) is 18.6 Å². The first-order valence-corrected chi connectivity index (χ1v) is 8.53. The monoisotopic (exact) mass is 376 g/mol. The minimum atomic E-state index is -0.850. The number of nitrogens with zero attached hydrogens (tertiary/aromatic N) is 1. The van der Waals surface area contributed by atoms with Gasteiger partial charge in [0.05, 0.1) is 13.2 Å². The largest absolute Gasteiger partial charge is 0.493 e. The smallest absolute Gasteiger partial charge is 0.251 e. The summed E-state index contributed by atoms with van der Waals surface area (Å²) >= 11 is 0. The van der Waals surface area contributed by atoms with E-state index in [-0.39, 0.29) is 18.0 Å². The molecule has 2 aromatic carbocycles. The van der Waals surface area contributed by atoms with Crippen LogP contribution >= 0.6 is 0 Å². The molecule has 0 heterocycles. The summed E-state index contributed by atoms with van der Waals surface area (Å²) < 4.78 is 31.9. The van der Waals surface area contributed by atoms with Gasteiger partial charge < -0.3 is 15.0 Å². The van der Waals surface area contributed by atoms with Crippen LogP contribution in [0.5, 0.6) is 5.75 Å². The molecule has 1 N–H and O–H groups in total. The van der Waals surface area contributed by atoms with Gasteiger partial charge in [-0.25, -0.2) is 8.78 Å². The Hall–Kier alpha value is -2.96. The van der Waals surface area contributed by atoms with Gasteiger partial charge in [0.15, 0.2) is 0 Å². The van der Waals surface area contributed by atoms with Crippen molar-refractivity contribution < 1.29 is 23.1 Å². The number of aryl methyl sites for hydroxylation is 1. The maximum absolute atomic E-state index is 13.1. The highest BCUT2D eigenvalue weighted by Gasteiger charge is 2.13. The van der Waals surface area contributed by atoms with E-state index in [4.69, 9.17) is 4.74 Å². The van der Waals surface area contributed by atoms with Gasteiger partial charge in [-0.3, -0.25) is 9.59 Å². The second-order valence-corrected chi connectivity index (χ2v) is 6.12. The van der Waals surface area contributed by atoms with Gasteiger partial charge in [-0.15, -0.1) is 0 Å². The van der Waals surface area contributed by atoms with E-state index >= 15 is 0 Å². The Morgan fingerprint density at radius 1 is 1.11 bits per heavy atom. The van der Waals surface area contributed by atoms with Crippen LogP contribution in [-0.2, 0) is 4.79 Å². The van der Waals surface area contributed by atoms with Gasteiger partial charge >= 0.3 is 0 Å². The molecule has 0 aromatic heterocycles. The lowest BCUT2D eigenvalue weighted by molar-refractivity contribution is -0.128. The molecule has 0 atom stereocenters. The SMILES string of the molecule is Cc1ccccc1OCCCN(C)C(=O)CNC(=O)c1cc(F)cc(F)c1. The fraction of sp³-hybridized carbons (Fsp3) is 0.300. The molecule has 0 bridgehead atoms. The highest BCUT2D eigenvalue weighted by Crippen LogP contribution is 2.16. The molecule has 0 saturated heterocycles. The number of amides is 2. The van der Waals surface area contributed by atoms with Crippen molar-refractivity contribution in [1.29, 1.82) is 0 Å². The van der Waals surface area contributed by atoms with Crippen LogP contribution in [-0.4, -0.2) is 43.5 Å². The number of carbonyl (C=O) groups excluding carboxylic acids is 2. The lowest BCUT2D eigenvalue weighted by Crippen LogP contribution is -2.38. The fourth-order valence-electron chi connectivity index (χ4n) is 2.40. The first kappa shape index (κ1) is 20.4. The summed E-state index contributed by atoms with van der Waals surface area (Å²) in [5.74, 6) is -1.91. The number of likely N-dealkylation sites (N-methyl/N-ethyl adjacent to an activating group) is 1. The second kappa shape index (κ2) is 9.66. The Morgan fingerprint density at radius 3 is 2.44 bits per heavy atom. The average molecular weight is 376 g/mol. The van der Waals surface area contributed by atoms with Crippen LogP contribution in [0.25, 0.3) is 0 Å². The molecule has 0 unspecified atom stereocenters. The third-order valence-electron chi connectivity index (χ3n) is 3.94. The van der Waals surface area contributed by atoms with Crippen LogP contribution in [0.3, 0.4) is 0 Å². The number of rotatable bonds is 8. The molecule has 0 aliphatic carbocycles. The topological polar surface area (TPSA) is 58.6 Å². The van der Waals surface area contributed by atoms with Gasteiger partial charge in [0.2, 0.25) is 5.91 Å².